The molecule has 0 aliphatic heterocycles. The molecule has 0 saturated heterocycles. The van der Waals surface area contributed by atoms with Crippen molar-refractivity contribution in [2.45, 2.75) is 46.1 Å². The van der Waals surface area contributed by atoms with Gasteiger partial charge in [-0.15, -0.1) is 11.3 Å². The van der Waals surface area contributed by atoms with E-state index in [0.717, 1.165) is 6.42 Å². The predicted octanol–water partition coefficient (Wildman–Crippen LogP) is 2.69. The van der Waals surface area contributed by atoms with Crippen LogP contribution >= 0.6 is 11.3 Å². The van der Waals surface area contributed by atoms with Gasteiger partial charge in [-0.25, -0.2) is 0 Å². The van der Waals surface area contributed by atoms with Crippen molar-refractivity contribution >= 4 is 23.2 Å². The molecule has 5 heteroatoms. The zero-order valence-corrected chi connectivity index (χ0v) is 12.4. The minimum absolute atomic E-state index is 0.000272. The summed E-state index contributed by atoms with van der Waals surface area (Å²) in [4.78, 5) is 23.8. The third-order valence-corrected chi connectivity index (χ3v) is 3.66. The van der Waals surface area contributed by atoms with Gasteiger partial charge in [0.05, 0.1) is 6.42 Å². The second-order valence-electron chi connectivity index (χ2n) is 5.66. The first-order valence-corrected chi connectivity index (χ1v) is 7.20. The molecule has 0 radical (unpaired) electrons. The number of carboxylic acids is 1. The highest BCUT2D eigenvalue weighted by Crippen LogP contribution is 2.24. The van der Waals surface area contributed by atoms with Gasteiger partial charge in [0, 0.05) is 23.8 Å². The van der Waals surface area contributed by atoms with Crippen LogP contribution < -0.4 is 5.32 Å². The molecular weight excluding hydrogens is 262 g/mol. The Morgan fingerprint density at radius 2 is 2.11 bits per heavy atom. The lowest BCUT2D eigenvalue weighted by Gasteiger charge is -2.23. The van der Waals surface area contributed by atoms with Crippen LogP contribution in [0.25, 0.3) is 0 Å². The number of rotatable bonds is 7. The van der Waals surface area contributed by atoms with E-state index in [1.165, 1.54) is 4.88 Å². The number of hydrogen-bond donors (Lipinski definition) is 2. The van der Waals surface area contributed by atoms with E-state index in [1.54, 1.807) is 25.2 Å². The minimum atomic E-state index is -0.871. The lowest BCUT2D eigenvalue weighted by Crippen LogP contribution is -2.36. The Kier molecular flexibility index (Phi) is 5.54. The fraction of sp³-hybridized carbons (Fsp3) is 0.571. The number of carboxylic acid groups (broad SMARTS) is 1. The van der Waals surface area contributed by atoms with E-state index in [4.69, 9.17) is 5.11 Å². The molecule has 1 aromatic rings. The molecule has 0 aliphatic rings. The highest BCUT2D eigenvalue weighted by Gasteiger charge is 2.25. The average molecular weight is 283 g/mol. The molecule has 1 unspecified atom stereocenters. The second-order valence-corrected chi connectivity index (χ2v) is 6.70. The summed E-state index contributed by atoms with van der Waals surface area (Å²) in [6.07, 6.45) is 1.04. The summed E-state index contributed by atoms with van der Waals surface area (Å²) < 4.78 is 0. The summed E-state index contributed by atoms with van der Waals surface area (Å²) in [5.41, 5.74) is -0.515. The van der Waals surface area contributed by atoms with Crippen molar-refractivity contribution in [3.8, 4) is 0 Å². The minimum Gasteiger partial charge on any atom is -0.481 e. The topological polar surface area (TPSA) is 66.4 Å². The highest BCUT2D eigenvalue weighted by atomic mass is 32.1. The molecule has 0 aliphatic carbocycles. The first kappa shape index (κ1) is 15.7. The number of aliphatic carboxylic acids is 1. The number of carbonyl (C=O) groups excluding carboxylic acids is 1. The van der Waals surface area contributed by atoms with Crippen LogP contribution in [0.2, 0.25) is 0 Å². The van der Waals surface area contributed by atoms with E-state index >= 15 is 0 Å². The van der Waals surface area contributed by atoms with Gasteiger partial charge in [0.2, 0.25) is 5.91 Å². The van der Waals surface area contributed by atoms with Crippen LogP contribution in [0.15, 0.2) is 17.5 Å². The van der Waals surface area contributed by atoms with Crippen molar-refractivity contribution in [3.63, 3.8) is 0 Å². The number of carbonyl (C=O) groups is 2. The molecule has 0 saturated carbocycles. The number of thiophene rings is 1. The highest BCUT2D eigenvalue weighted by molar-refractivity contribution is 7.09. The summed E-state index contributed by atoms with van der Waals surface area (Å²) in [6.45, 7) is 5.55. The van der Waals surface area contributed by atoms with Crippen molar-refractivity contribution in [1.29, 1.82) is 0 Å². The van der Waals surface area contributed by atoms with E-state index in [2.05, 4.69) is 5.32 Å². The number of amides is 1. The van der Waals surface area contributed by atoms with Gasteiger partial charge in [-0.2, -0.15) is 0 Å². The van der Waals surface area contributed by atoms with Gasteiger partial charge in [0.15, 0.2) is 0 Å². The van der Waals surface area contributed by atoms with Crippen molar-refractivity contribution in [2.75, 3.05) is 0 Å². The average Bonchev–Trinajstić information content (AvgIpc) is 2.65. The van der Waals surface area contributed by atoms with Crippen LogP contribution in [0.4, 0.5) is 0 Å². The van der Waals surface area contributed by atoms with Crippen molar-refractivity contribution < 1.29 is 14.7 Å². The van der Waals surface area contributed by atoms with Gasteiger partial charge < -0.3 is 10.4 Å². The van der Waals surface area contributed by atoms with E-state index in [-0.39, 0.29) is 24.8 Å². The van der Waals surface area contributed by atoms with Gasteiger partial charge in [-0.3, -0.25) is 9.59 Å². The Morgan fingerprint density at radius 3 is 2.63 bits per heavy atom. The summed E-state index contributed by atoms with van der Waals surface area (Å²) in [7, 11) is 0. The molecule has 106 valence electrons. The van der Waals surface area contributed by atoms with E-state index in [0.29, 0.717) is 0 Å². The smallest absolute Gasteiger partial charge is 0.303 e. The van der Waals surface area contributed by atoms with Crippen LogP contribution in [0, 0.1) is 5.41 Å². The van der Waals surface area contributed by atoms with E-state index < -0.39 is 11.4 Å². The van der Waals surface area contributed by atoms with Crippen molar-refractivity contribution in [1.82, 2.24) is 5.32 Å². The van der Waals surface area contributed by atoms with Gasteiger partial charge in [0.25, 0.3) is 0 Å². The molecule has 1 heterocycles. The molecule has 4 nitrogen and oxygen atoms in total. The molecule has 2 N–H and O–H groups in total. The van der Waals surface area contributed by atoms with Crippen LogP contribution in [0.5, 0.6) is 0 Å². The molecule has 0 fully saturated rings. The molecule has 1 rings (SSSR count). The Labute approximate surface area is 117 Å². The van der Waals surface area contributed by atoms with E-state index in [9.17, 15) is 9.59 Å². The van der Waals surface area contributed by atoms with Crippen molar-refractivity contribution in [3.05, 3.63) is 22.4 Å². The Morgan fingerprint density at radius 1 is 1.42 bits per heavy atom. The summed E-state index contributed by atoms with van der Waals surface area (Å²) in [6, 6.07) is 4.10. The van der Waals surface area contributed by atoms with Crippen LogP contribution in [0.3, 0.4) is 0 Å². The van der Waals surface area contributed by atoms with Gasteiger partial charge >= 0.3 is 5.97 Å². The lowest BCUT2D eigenvalue weighted by atomic mass is 9.85. The van der Waals surface area contributed by atoms with Crippen LogP contribution in [-0.2, 0) is 16.0 Å². The number of nitrogens with one attached hydrogen (secondary N) is 1. The first-order chi connectivity index (χ1) is 8.78. The Hall–Kier alpha value is -1.36. The van der Waals surface area contributed by atoms with Crippen LogP contribution in [-0.4, -0.2) is 23.0 Å². The summed E-state index contributed by atoms with van der Waals surface area (Å²) >= 11 is 1.67. The standard InChI is InChI=1S/C14H21NO3S/c1-10(7-11-5-4-6-19-11)15-12(16)8-14(2,3)9-13(17)18/h4-6,10H,7-9H2,1-3H3,(H,15,16)(H,17,18). The molecule has 1 atom stereocenters. The third kappa shape index (κ3) is 6.38. The number of hydrogen-bond acceptors (Lipinski definition) is 3. The van der Waals surface area contributed by atoms with Crippen LogP contribution in [0.1, 0.15) is 38.5 Å². The maximum atomic E-state index is 11.9. The monoisotopic (exact) mass is 283 g/mol. The molecule has 0 aromatic carbocycles. The lowest BCUT2D eigenvalue weighted by molar-refractivity contribution is -0.139. The fourth-order valence-electron chi connectivity index (χ4n) is 2.01. The van der Waals surface area contributed by atoms with E-state index in [1.807, 2.05) is 24.4 Å². The largest absolute Gasteiger partial charge is 0.481 e. The summed E-state index contributed by atoms with van der Waals surface area (Å²) in [5, 5.41) is 13.7. The third-order valence-electron chi connectivity index (χ3n) is 2.76. The van der Waals surface area contributed by atoms with Gasteiger partial charge in [0.1, 0.15) is 0 Å². The quantitative estimate of drug-likeness (QED) is 0.808. The summed E-state index contributed by atoms with van der Waals surface area (Å²) in [5.74, 6) is -0.959. The molecule has 19 heavy (non-hydrogen) atoms. The zero-order chi connectivity index (χ0) is 14.5. The zero-order valence-electron chi connectivity index (χ0n) is 11.6. The SMILES string of the molecule is CC(Cc1cccs1)NC(=O)CC(C)(C)CC(=O)O. The maximum Gasteiger partial charge on any atom is 0.303 e. The molecule has 1 aromatic heterocycles. The first-order valence-electron chi connectivity index (χ1n) is 6.32. The molecule has 0 spiro atoms. The normalized spacial score (nSPS) is 13.0. The van der Waals surface area contributed by atoms with Gasteiger partial charge in [-0.1, -0.05) is 19.9 Å². The maximum absolute atomic E-state index is 11.9. The molecule has 0 bridgehead atoms. The Bertz CT molecular complexity index is 426. The Balaban J connectivity index is 2.40. The predicted molar refractivity (Wildman–Crippen MR) is 76.3 cm³/mol. The molecule has 1 amide bonds. The second kappa shape index (κ2) is 6.70. The fourth-order valence-corrected chi connectivity index (χ4v) is 2.85. The van der Waals surface area contributed by atoms with Gasteiger partial charge in [-0.05, 0) is 23.8 Å². The molecular formula is C14H21NO3S. The van der Waals surface area contributed by atoms with Crippen molar-refractivity contribution in [2.24, 2.45) is 5.41 Å².